The quantitative estimate of drug-likeness (QED) is 0.265. The molecule has 0 spiro atoms. The number of rotatable bonds is 6. The van der Waals surface area contributed by atoms with E-state index >= 15 is 0 Å². The van der Waals surface area contributed by atoms with Crippen LogP contribution in [0.4, 0.5) is 0 Å². The lowest BCUT2D eigenvalue weighted by atomic mass is 9.94. The number of hydrogen-bond donors (Lipinski definition) is 0. The lowest BCUT2D eigenvalue weighted by Gasteiger charge is -2.10. The van der Waals surface area contributed by atoms with Gasteiger partial charge in [0.2, 0.25) is 5.78 Å². The van der Waals surface area contributed by atoms with E-state index in [-0.39, 0.29) is 22.8 Å². The highest BCUT2D eigenvalue weighted by molar-refractivity contribution is 6.30. The maximum atomic E-state index is 13.9. The van der Waals surface area contributed by atoms with E-state index in [0.29, 0.717) is 27.5 Å². The molecule has 1 heterocycles. The van der Waals surface area contributed by atoms with Crippen LogP contribution in [0, 0.1) is 0 Å². The summed E-state index contributed by atoms with van der Waals surface area (Å²) >= 11 is 6.12. The lowest BCUT2D eigenvalue weighted by molar-refractivity contribution is 0.100. The van der Waals surface area contributed by atoms with Gasteiger partial charge in [-0.2, -0.15) is 5.10 Å². The zero-order chi connectivity index (χ0) is 23.5. The van der Waals surface area contributed by atoms with Crippen molar-refractivity contribution >= 4 is 23.2 Å². The number of nitrogens with zero attached hydrogens (tertiary/aromatic N) is 2. The Bertz CT molecular complexity index is 1460. The second-order valence-corrected chi connectivity index (χ2v) is 8.15. The monoisotopic (exact) mass is 462 g/mol. The van der Waals surface area contributed by atoms with Crippen molar-refractivity contribution in [2.75, 3.05) is 0 Å². The predicted octanol–water partition coefficient (Wildman–Crippen LogP) is 6.65. The average molecular weight is 463 g/mol. The average Bonchev–Trinajstić information content (AvgIpc) is 3.30. The van der Waals surface area contributed by atoms with E-state index < -0.39 is 0 Å². The number of halogens is 1. The smallest absolute Gasteiger partial charge is 0.214 e. The maximum absolute atomic E-state index is 13.9. The molecule has 5 aromatic rings. The summed E-state index contributed by atoms with van der Waals surface area (Å²) < 4.78 is 1.65. The zero-order valence-electron chi connectivity index (χ0n) is 18.1. The molecule has 0 N–H and O–H groups in total. The molecule has 0 saturated carbocycles. The molecule has 0 saturated heterocycles. The molecule has 34 heavy (non-hydrogen) atoms. The van der Waals surface area contributed by atoms with Gasteiger partial charge in [-0.1, -0.05) is 103 Å². The van der Waals surface area contributed by atoms with Crippen LogP contribution >= 0.6 is 11.6 Å². The summed E-state index contributed by atoms with van der Waals surface area (Å²) in [4.78, 5) is 27.5. The first kappa shape index (κ1) is 21.6. The highest BCUT2D eigenvalue weighted by Crippen LogP contribution is 2.32. The second-order valence-electron chi connectivity index (χ2n) is 7.72. The number of carbonyl (C=O) groups excluding carboxylic acids is 2. The molecule has 0 aliphatic rings. The molecular weight excluding hydrogens is 444 g/mol. The molecule has 164 valence electrons. The van der Waals surface area contributed by atoms with Crippen LogP contribution in [-0.2, 0) is 0 Å². The van der Waals surface area contributed by atoms with Gasteiger partial charge >= 0.3 is 0 Å². The van der Waals surface area contributed by atoms with Crippen LogP contribution in [0.5, 0.6) is 0 Å². The Hall–Kier alpha value is -4.28. The Balaban J connectivity index is 1.83. The van der Waals surface area contributed by atoms with E-state index in [0.717, 1.165) is 5.56 Å². The van der Waals surface area contributed by atoms with Crippen molar-refractivity contribution in [2.24, 2.45) is 0 Å². The van der Waals surface area contributed by atoms with E-state index in [4.69, 9.17) is 16.7 Å². The highest BCUT2D eigenvalue weighted by Gasteiger charge is 2.30. The fraction of sp³-hybridized carbons (Fsp3) is 0. The van der Waals surface area contributed by atoms with Gasteiger partial charge < -0.3 is 0 Å². The number of aromatic nitrogens is 2. The Morgan fingerprint density at radius 3 is 1.68 bits per heavy atom. The van der Waals surface area contributed by atoms with Gasteiger partial charge in [0, 0.05) is 21.7 Å². The Morgan fingerprint density at radius 1 is 0.618 bits per heavy atom. The molecule has 4 nitrogen and oxygen atoms in total. The molecule has 0 atom stereocenters. The first-order valence-corrected chi connectivity index (χ1v) is 11.1. The molecule has 5 rings (SSSR count). The van der Waals surface area contributed by atoms with E-state index in [1.165, 1.54) is 0 Å². The van der Waals surface area contributed by atoms with E-state index in [9.17, 15) is 9.59 Å². The molecule has 5 heteroatoms. The Labute approximate surface area is 202 Å². The van der Waals surface area contributed by atoms with E-state index in [1.807, 2.05) is 54.6 Å². The summed E-state index contributed by atoms with van der Waals surface area (Å²) in [6.45, 7) is 0. The standard InChI is InChI=1S/C29H19ClN2O2/c30-23-16-18-24(19-17-23)32-27(20-10-4-1-5-11-20)25(28(33)21-12-6-2-7-13-21)26(31-32)29(34)22-14-8-3-9-15-22/h1-19H. The number of carbonyl (C=O) groups is 2. The SMILES string of the molecule is O=C(c1ccccc1)c1nn(-c2ccc(Cl)cc2)c(-c2ccccc2)c1C(=O)c1ccccc1. The third kappa shape index (κ3) is 4.07. The summed E-state index contributed by atoms with van der Waals surface area (Å²) in [5.74, 6) is -0.580. The molecule has 4 aromatic carbocycles. The van der Waals surface area contributed by atoms with Crippen LogP contribution in [0.25, 0.3) is 16.9 Å². The van der Waals surface area contributed by atoms with E-state index in [2.05, 4.69) is 0 Å². The van der Waals surface area contributed by atoms with Crippen molar-refractivity contribution in [2.45, 2.75) is 0 Å². The molecule has 0 radical (unpaired) electrons. The zero-order valence-corrected chi connectivity index (χ0v) is 18.8. The van der Waals surface area contributed by atoms with Crippen LogP contribution in [-0.4, -0.2) is 21.3 Å². The summed E-state index contributed by atoms with van der Waals surface area (Å²) in [6.07, 6.45) is 0. The first-order valence-electron chi connectivity index (χ1n) is 10.8. The van der Waals surface area contributed by atoms with Crippen molar-refractivity contribution in [3.05, 3.63) is 143 Å². The molecule has 1 aromatic heterocycles. The third-order valence-corrected chi connectivity index (χ3v) is 5.77. The number of benzene rings is 4. The number of hydrogen-bond acceptors (Lipinski definition) is 3. The van der Waals surface area contributed by atoms with Gasteiger partial charge in [-0.25, -0.2) is 4.68 Å². The third-order valence-electron chi connectivity index (χ3n) is 5.52. The van der Waals surface area contributed by atoms with Crippen LogP contribution in [0.15, 0.2) is 115 Å². The molecule has 0 amide bonds. The number of ketones is 2. The predicted molar refractivity (Wildman–Crippen MR) is 134 cm³/mol. The lowest BCUT2D eigenvalue weighted by Crippen LogP contribution is -2.11. The van der Waals surface area contributed by atoms with E-state index in [1.54, 1.807) is 65.3 Å². The fourth-order valence-electron chi connectivity index (χ4n) is 3.88. The van der Waals surface area contributed by atoms with Gasteiger partial charge in [0.1, 0.15) is 5.69 Å². The summed E-state index contributed by atoms with van der Waals surface area (Å²) in [6, 6.07) is 34.5. The molecule has 0 aliphatic carbocycles. The molecule has 0 aliphatic heterocycles. The summed E-state index contributed by atoms with van der Waals surface area (Å²) in [5, 5.41) is 5.29. The largest absolute Gasteiger partial charge is 0.288 e. The minimum absolute atomic E-state index is 0.105. The van der Waals surface area contributed by atoms with Gasteiger partial charge in [-0.3, -0.25) is 9.59 Å². The van der Waals surface area contributed by atoms with Gasteiger partial charge in [0.25, 0.3) is 0 Å². The van der Waals surface area contributed by atoms with Crippen LogP contribution in [0.3, 0.4) is 0 Å². The maximum Gasteiger partial charge on any atom is 0.214 e. The fourth-order valence-corrected chi connectivity index (χ4v) is 4.01. The summed E-state index contributed by atoms with van der Waals surface area (Å²) in [5.41, 5.74) is 3.34. The minimum Gasteiger partial charge on any atom is -0.288 e. The van der Waals surface area contributed by atoms with Crippen molar-refractivity contribution < 1.29 is 9.59 Å². The molecule has 0 unspecified atom stereocenters. The normalized spacial score (nSPS) is 10.7. The van der Waals surface area contributed by atoms with Gasteiger partial charge in [-0.15, -0.1) is 0 Å². The summed E-state index contributed by atoms with van der Waals surface area (Å²) in [7, 11) is 0. The molecular formula is C29H19ClN2O2. The van der Waals surface area contributed by atoms with Crippen LogP contribution < -0.4 is 0 Å². The molecule has 0 fully saturated rings. The topological polar surface area (TPSA) is 52.0 Å². The van der Waals surface area contributed by atoms with Gasteiger partial charge in [0.15, 0.2) is 5.78 Å². The van der Waals surface area contributed by atoms with Crippen LogP contribution in [0.2, 0.25) is 5.02 Å². The Kier molecular flexibility index (Phi) is 5.90. The Morgan fingerprint density at radius 2 is 1.12 bits per heavy atom. The minimum atomic E-state index is -0.315. The van der Waals surface area contributed by atoms with Crippen molar-refractivity contribution in [1.29, 1.82) is 0 Å². The van der Waals surface area contributed by atoms with Crippen molar-refractivity contribution in [3.8, 4) is 16.9 Å². The van der Waals surface area contributed by atoms with Crippen molar-refractivity contribution in [1.82, 2.24) is 9.78 Å². The van der Waals surface area contributed by atoms with Gasteiger partial charge in [0.05, 0.1) is 16.9 Å². The van der Waals surface area contributed by atoms with Gasteiger partial charge in [-0.05, 0) is 24.3 Å². The van der Waals surface area contributed by atoms with Crippen molar-refractivity contribution in [3.63, 3.8) is 0 Å². The van der Waals surface area contributed by atoms with Crippen LogP contribution in [0.1, 0.15) is 32.0 Å². The molecule has 0 bridgehead atoms. The second kappa shape index (κ2) is 9.30. The highest BCUT2D eigenvalue weighted by atomic mass is 35.5. The first-order chi connectivity index (χ1) is 16.6.